The lowest BCUT2D eigenvalue weighted by atomic mass is 10.0. The summed E-state index contributed by atoms with van der Waals surface area (Å²) >= 11 is 0. The highest BCUT2D eigenvalue weighted by molar-refractivity contribution is 5.76. The van der Waals surface area contributed by atoms with Crippen LogP contribution in [0.1, 0.15) is 32.1 Å². The summed E-state index contributed by atoms with van der Waals surface area (Å²) in [5.74, 6) is 0.0668. The van der Waals surface area contributed by atoms with Crippen LogP contribution >= 0.6 is 0 Å². The molecule has 0 bridgehead atoms. The number of nitrogens with zero attached hydrogens (tertiary/aromatic N) is 1. The van der Waals surface area contributed by atoms with Crippen molar-refractivity contribution in [1.29, 1.82) is 0 Å². The number of nitrogens with one attached hydrogen (secondary N) is 1. The number of methoxy groups -OCH3 is 1. The molecule has 0 aromatic carbocycles. The van der Waals surface area contributed by atoms with E-state index in [1.807, 2.05) is 0 Å². The molecular weight excluding hydrogens is 230 g/mol. The van der Waals surface area contributed by atoms with Crippen LogP contribution in [0.5, 0.6) is 0 Å². The Morgan fingerprint density at radius 1 is 1.39 bits per heavy atom. The van der Waals surface area contributed by atoms with Crippen molar-refractivity contribution < 1.29 is 9.53 Å². The zero-order valence-corrected chi connectivity index (χ0v) is 11.2. The SMILES string of the molecule is COC(CN)CC(=O)NC1CCN(C2CC2)CC1. The predicted octanol–water partition coefficient (Wildman–Crippen LogP) is 0.0932. The van der Waals surface area contributed by atoms with E-state index in [-0.39, 0.29) is 12.0 Å². The number of amides is 1. The third-order valence-electron chi connectivity index (χ3n) is 3.97. The van der Waals surface area contributed by atoms with Gasteiger partial charge < -0.3 is 20.7 Å². The van der Waals surface area contributed by atoms with Crippen LogP contribution in [0.2, 0.25) is 0 Å². The number of rotatable bonds is 6. The van der Waals surface area contributed by atoms with E-state index in [0.717, 1.165) is 32.0 Å². The average Bonchev–Trinajstić information content (AvgIpc) is 3.21. The summed E-state index contributed by atoms with van der Waals surface area (Å²) in [6.07, 6.45) is 5.09. The largest absolute Gasteiger partial charge is 0.380 e. The van der Waals surface area contributed by atoms with Crippen molar-refractivity contribution in [2.24, 2.45) is 5.73 Å². The van der Waals surface area contributed by atoms with Crippen LogP contribution in [-0.2, 0) is 9.53 Å². The fourth-order valence-corrected chi connectivity index (χ4v) is 2.60. The second-order valence-electron chi connectivity index (χ2n) is 5.41. The van der Waals surface area contributed by atoms with Crippen LogP contribution in [-0.4, -0.2) is 55.7 Å². The monoisotopic (exact) mass is 255 g/mol. The van der Waals surface area contributed by atoms with Gasteiger partial charge >= 0.3 is 0 Å². The van der Waals surface area contributed by atoms with E-state index in [4.69, 9.17) is 10.5 Å². The molecule has 3 N–H and O–H groups in total. The number of carbonyl (C=O) groups excluding carboxylic acids is 1. The van der Waals surface area contributed by atoms with Gasteiger partial charge in [0.2, 0.25) is 5.91 Å². The molecule has 5 heteroatoms. The van der Waals surface area contributed by atoms with E-state index < -0.39 is 0 Å². The molecule has 0 radical (unpaired) electrons. The average molecular weight is 255 g/mol. The van der Waals surface area contributed by atoms with Crippen molar-refractivity contribution in [2.75, 3.05) is 26.7 Å². The Kier molecular flexibility index (Phi) is 4.97. The Balaban J connectivity index is 1.65. The van der Waals surface area contributed by atoms with Crippen LogP contribution in [0.3, 0.4) is 0 Å². The topological polar surface area (TPSA) is 67.6 Å². The standard InChI is InChI=1S/C13H25N3O2/c1-18-12(9-14)8-13(17)15-10-4-6-16(7-5-10)11-2-3-11/h10-12H,2-9,14H2,1H3,(H,15,17). The molecule has 0 aromatic rings. The van der Waals surface area contributed by atoms with Crippen molar-refractivity contribution in [3.05, 3.63) is 0 Å². The van der Waals surface area contributed by atoms with Crippen molar-refractivity contribution in [2.45, 2.75) is 50.3 Å². The molecule has 1 atom stereocenters. The minimum absolute atomic E-state index is 0.0668. The molecular formula is C13H25N3O2. The minimum Gasteiger partial charge on any atom is -0.380 e. The lowest BCUT2D eigenvalue weighted by molar-refractivity contribution is -0.124. The summed E-state index contributed by atoms with van der Waals surface area (Å²) in [5.41, 5.74) is 5.51. The van der Waals surface area contributed by atoms with Gasteiger partial charge in [0.15, 0.2) is 0 Å². The second kappa shape index (κ2) is 6.50. The van der Waals surface area contributed by atoms with E-state index in [1.54, 1.807) is 7.11 Å². The van der Waals surface area contributed by atoms with E-state index in [0.29, 0.717) is 19.0 Å². The summed E-state index contributed by atoms with van der Waals surface area (Å²) in [6, 6.07) is 1.18. The van der Waals surface area contributed by atoms with Crippen molar-refractivity contribution in [3.8, 4) is 0 Å². The van der Waals surface area contributed by atoms with E-state index in [9.17, 15) is 4.79 Å². The molecule has 1 unspecified atom stereocenters. The Labute approximate surface area is 109 Å². The smallest absolute Gasteiger partial charge is 0.222 e. The lowest BCUT2D eigenvalue weighted by Gasteiger charge is -2.32. The molecule has 1 heterocycles. The Hall–Kier alpha value is -0.650. The number of likely N-dealkylation sites (tertiary alicyclic amines) is 1. The number of hydrogen-bond donors (Lipinski definition) is 2. The summed E-state index contributed by atoms with van der Waals surface area (Å²) in [7, 11) is 1.60. The fraction of sp³-hybridized carbons (Fsp3) is 0.923. The second-order valence-corrected chi connectivity index (χ2v) is 5.41. The number of piperidine rings is 1. The molecule has 1 saturated carbocycles. The molecule has 104 valence electrons. The summed E-state index contributed by atoms with van der Waals surface area (Å²) < 4.78 is 5.12. The molecule has 1 saturated heterocycles. The van der Waals surface area contributed by atoms with E-state index in [2.05, 4.69) is 10.2 Å². The number of nitrogens with two attached hydrogens (primary N) is 1. The van der Waals surface area contributed by atoms with Gasteiger partial charge in [0.05, 0.1) is 12.5 Å². The molecule has 2 fully saturated rings. The first-order valence-electron chi connectivity index (χ1n) is 6.99. The van der Waals surface area contributed by atoms with Crippen LogP contribution in [0, 0.1) is 0 Å². The maximum atomic E-state index is 11.8. The highest BCUT2D eigenvalue weighted by atomic mass is 16.5. The fourth-order valence-electron chi connectivity index (χ4n) is 2.60. The van der Waals surface area contributed by atoms with Gasteiger partial charge in [0.25, 0.3) is 0 Å². The molecule has 1 amide bonds. The molecule has 18 heavy (non-hydrogen) atoms. The van der Waals surface area contributed by atoms with Gasteiger partial charge in [-0.3, -0.25) is 4.79 Å². The molecule has 1 aliphatic heterocycles. The first-order chi connectivity index (χ1) is 8.72. The third-order valence-corrected chi connectivity index (χ3v) is 3.97. The molecule has 1 aliphatic carbocycles. The van der Waals surface area contributed by atoms with Gasteiger partial charge in [-0.2, -0.15) is 0 Å². The number of ether oxygens (including phenoxy) is 1. The van der Waals surface area contributed by atoms with Gasteiger partial charge in [-0.1, -0.05) is 0 Å². The Morgan fingerprint density at radius 3 is 2.56 bits per heavy atom. The van der Waals surface area contributed by atoms with Crippen molar-refractivity contribution in [1.82, 2.24) is 10.2 Å². The van der Waals surface area contributed by atoms with Gasteiger partial charge in [-0.15, -0.1) is 0 Å². The molecule has 2 rings (SSSR count). The van der Waals surface area contributed by atoms with Crippen LogP contribution < -0.4 is 11.1 Å². The third kappa shape index (κ3) is 3.93. The van der Waals surface area contributed by atoms with E-state index in [1.165, 1.54) is 12.8 Å². The first kappa shape index (κ1) is 13.8. The number of hydrogen-bond acceptors (Lipinski definition) is 4. The lowest BCUT2D eigenvalue weighted by Crippen LogP contribution is -2.46. The van der Waals surface area contributed by atoms with Crippen LogP contribution in [0.25, 0.3) is 0 Å². The van der Waals surface area contributed by atoms with Crippen LogP contribution in [0.4, 0.5) is 0 Å². The molecule has 0 spiro atoms. The van der Waals surface area contributed by atoms with Crippen molar-refractivity contribution in [3.63, 3.8) is 0 Å². The Morgan fingerprint density at radius 2 is 2.06 bits per heavy atom. The van der Waals surface area contributed by atoms with Gasteiger partial charge in [-0.25, -0.2) is 0 Å². The van der Waals surface area contributed by atoms with Gasteiger partial charge in [0, 0.05) is 38.8 Å². The minimum atomic E-state index is -0.156. The first-order valence-corrected chi connectivity index (χ1v) is 6.99. The van der Waals surface area contributed by atoms with Gasteiger partial charge in [-0.05, 0) is 25.7 Å². The zero-order valence-electron chi connectivity index (χ0n) is 11.2. The van der Waals surface area contributed by atoms with Crippen molar-refractivity contribution >= 4 is 5.91 Å². The predicted molar refractivity (Wildman–Crippen MR) is 70.2 cm³/mol. The normalized spacial score (nSPS) is 23.9. The maximum absolute atomic E-state index is 11.8. The molecule has 5 nitrogen and oxygen atoms in total. The zero-order chi connectivity index (χ0) is 13.0. The van der Waals surface area contributed by atoms with E-state index >= 15 is 0 Å². The molecule has 0 aromatic heterocycles. The quantitative estimate of drug-likeness (QED) is 0.706. The highest BCUT2D eigenvalue weighted by Crippen LogP contribution is 2.29. The van der Waals surface area contributed by atoms with Gasteiger partial charge in [0.1, 0.15) is 0 Å². The highest BCUT2D eigenvalue weighted by Gasteiger charge is 2.32. The maximum Gasteiger partial charge on any atom is 0.222 e. The summed E-state index contributed by atoms with van der Waals surface area (Å²) in [6.45, 7) is 2.64. The summed E-state index contributed by atoms with van der Waals surface area (Å²) in [4.78, 5) is 14.4. The number of carbonyl (C=O) groups is 1. The summed E-state index contributed by atoms with van der Waals surface area (Å²) in [5, 5.41) is 3.10. The Bertz CT molecular complexity index is 269. The van der Waals surface area contributed by atoms with Crippen LogP contribution in [0.15, 0.2) is 0 Å². The molecule has 2 aliphatic rings.